The molecule has 0 bridgehead atoms. The number of nitrogens with one attached hydrogen (secondary N) is 1. The molecule has 0 radical (unpaired) electrons. The Hall–Kier alpha value is -2.32. The predicted octanol–water partition coefficient (Wildman–Crippen LogP) is 4.59. The second-order valence-electron chi connectivity index (χ2n) is 8.65. The Morgan fingerprint density at radius 3 is 2.76 bits per heavy atom. The molecule has 1 aromatic carbocycles. The molecule has 2 unspecified atom stereocenters. The van der Waals surface area contributed by atoms with Gasteiger partial charge in [-0.2, -0.15) is 4.98 Å². The molecular weight excluding hydrogens is 451 g/mol. The number of para-hydroxylation sites is 2. The summed E-state index contributed by atoms with van der Waals surface area (Å²) in [5, 5.41) is 3.51. The van der Waals surface area contributed by atoms with Crippen LogP contribution in [0.25, 0.3) is 16.9 Å². The highest BCUT2D eigenvalue weighted by Gasteiger charge is 2.29. The molecule has 2 aromatic heterocycles. The number of rotatable bonds is 11. The van der Waals surface area contributed by atoms with Crippen LogP contribution in [0.2, 0.25) is 0 Å². The number of piperidine rings is 1. The van der Waals surface area contributed by atoms with Crippen LogP contribution in [0.3, 0.4) is 0 Å². The van der Waals surface area contributed by atoms with E-state index in [-0.39, 0.29) is 6.04 Å². The SMILES string of the molecule is CCOP(=O)(CCN1CCCC(C(C)Nc2nccc(-n3cnc4ccccc43)n2)C1)OCC. The van der Waals surface area contributed by atoms with Gasteiger partial charge < -0.3 is 19.3 Å². The molecule has 0 spiro atoms. The molecule has 0 amide bonds. The highest BCUT2D eigenvalue weighted by Crippen LogP contribution is 2.47. The lowest BCUT2D eigenvalue weighted by molar-refractivity contribution is 0.165. The van der Waals surface area contributed by atoms with Crippen LogP contribution < -0.4 is 5.32 Å². The van der Waals surface area contributed by atoms with E-state index >= 15 is 0 Å². The molecule has 10 heteroatoms. The molecular formula is C24H35N6O3P. The minimum absolute atomic E-state index is 0.197. The van der Waals surface area contributed by atoms with Gasteiger partial charge in [-0.3, -0.25) is 9.13 Å². The summed E-state index contributed by atoms with van der Waals surface area (Å²) in [5.74, 6) is 1.83. The fourth-order valence-electron chi connectivity index (χ4n) is 4.54. The summed E-state index contributed by atoms with van der Waals surface area (Å²) in [4.78, 5) is 16.0. The van der Waals surface area contributed by atoms with E-state index in [0.717, 1.165) is 42.8 Å². The Morgan fingerprint density at radius 2 is 1.97 bits per heavy atom. The van der Waals surface area contributed by atoms with E-state index in [1.807, 2.05) is 48.7 Å². The molecule has 3 heterocycles. The van der Waals surface area contributed by atoms with Crippen LogP contribution in [0.15, 0.2) is 42.9 Å². The number of aromatic nitrogens is 4. The maximum atomic E-state index is 12.8. The van der Waals surface area contributed by atoms with Gasteiger partial charge in [0.05, 0.1) is 30.4 Å². The number of anilines is 1. The Morgan fingerprint density at radius 1 is 1.18 bits per heavy atom. The van der Waals surface area contributed by atoms with Crippen molar-refractivity contribution in [2.24, 2.45) is 5.92 Å². The Bertz CT molecular complexity index is 1110. The first-order valence-electron chi connectivity index (χ1n) is 12.1. The highest BCUT2D eigenvalue weighted by atomic mass is 31.2. The smallest absolute Gasteiger partial charge is 0.331 e. The lowest BCUT2D eigenvalue weighted by Crippen LogP contribution is -2.43. The molecule has 3 aromatic rings. The normalized spacial score (nSPS) is 18.3. The molecule has 0 saturated carbocycles. The summed E-state index contributed by atoms with van der Waals surface area (Å²) in [5.41, 5.74) is 1.95. The van der Waals surface area contributed by atoms with Crippen molar-refractivity contribution in [3.63, 3.8) is 0 Å². The van der Waals surface area contributed by atoms with Crippen molar-refractivity contribution in [1.29, 1.82) is 0 Å². The topological polar surface area (TPSA) is 94.4 Å². The molecule has 1 N–H and O–H groups in total. The summed E-state index contributed by atoms with van der Waals surface area (Å²) in [6, 6.07) is 10.1. The number of nitrogens with zero attached hydrogens (tertiary/aromatic N) is 5. The number of imidazole rings is 1. The summed E-state index contributed by atoms with van der Waals surface area (Å²) >= 11 is 0. The molecule has 9 nitrogen and oxygen atoms in total. The first-order chi connectivity index (χ1) is 16.5. The molecule has 0 aliphatic carbocycles. The Balaban J connectivity index is 1.37. The van der Waals surface area contributed by atoms with Crippen LogP contribution in [0.1, 0.15) is 33.6 Å². The standard InChI is InChI=1S/C24H35N6O3P/c1-4-32-34(31,33-5-2)16-15-29-14-8-9-20(17-29)19(3)27-24-25-13-12-23(28-24)30-18-26-21-10-6-7-11-22(21)30/h6-7,10-13,18-20H,4-5,8-9,14-17H2,1-3H3,(H,25,27,28). The first kappa shape index (κ1) is 24.8. The highest BCUT2D eigenvalue weighted by molar-refractivity contribution is 7.53. The Labute approximate surface area is 201 Å². The lowest BCUT2D eigenvalue weighted by atomic mass is 9.91. The quantitative estimate of drug-likeness (QED) is 0.393. The largest absolute Gasteiger partial charge is 0.351 e. The van der Waals surface area contributed by atoms with Gasteiger partial charge in [0.25, 0.3) is 0 Å². The van der Waals surface area contributed by atoms with Gasteiger partial charge in [0, 0.05) is 25.3 Å². The van der Waals surface area contributed by atoms with Gasteiger partial charge in [-0.05, 0) is 64.3 Å². The van der Waals surface area contributed by atoms with Crippen molar-refractivity contribution in [3.05, 3.63) is 42.9 Å². The molecule has 4 rings (SSSR count). The summed E-state index contributed by atoms with van der Waals surface area (Å²) in [7, 11) is -3.02. The van der Waals surface area contributed by atoms with Crippen LogP contribution >= 0.6 is 7.60 Å². The van der Waals surface area contributed by atoms with Gasteiger partial charge in [0.1, 0.15) is 12.1 Å². The number of likely N-dealkylation sites (tertiary alicyclic amines) is 1. The van der Waals surface area contributed by atoms with E-state index in [9.17, 15) is 4.57 Å². The minimum Gasteiger partial charge on any atom is -0.351 e. The van der Waals surface area contributed by atoms with Gasteiger partial charge in [-0.1, -0.05) is 12.1 Å². The zero-order valence-electron chi connectivity index (χ0n) is 20.3. The van der Waals surface area contributed by atoms with Crippen molar-refractivity contribution in [3.8, 4) is 5.82 Å². The predicted molar refractivity (Wildman–Crippen MR) is 135 cm³/mol. The van der Waals surface area contributed by atoms with Crippen molar-refractivity contribution < 1.29 is 13.6 Å². The van der Waals surface area contributed by atoms with Crippen molar-refractivity contribution in [2.45, 2.75) is 39.7 Å². The monoisotopic (exact) mass is 486 g/mol. The van der Waals surface area contributed by atoms with Crippen LogP contribution in [-0.4, -0.2) is 69.5 Å². The van der Waals surface area contributed by atoms with Crippen LogP contribution in [0.4, 0.5) is 5.95 Å². The van der Waals surface area contributed by atoms with Gasteiger partial charge in [-0.25, -0.2) is 9.97 Å². The fourth-order valence-corrected chi connectivity index (χ4v) is 6.19. The van der Waals surface area contributed by atoms with Gasteiger partial charge in [0.2, 0.25) is 5.95 Å². The van der Waals surface area contributed by atoms with E-state index in [1.165, 1.54) is 0 Å². The molecule has 1 saturated heterocycles. The molecule has 2 atom stereocenters. The zero-order chi connectivity index (χ0) is 24.0. The third kappa shape index (κ3) is 6.02. The average Bonchev–Trinajstić information content (AvgIpc) is 3.28. The second kappa shape index (κ2) is 11.4. The van der Waals surface area contributed by atoms with E-state index in [2.05, 4.69) is 27.1 Å². The van der Waals surface area contributed by atoms with Crippen molar-refractivity contribution in [1.82, 2.24) is 24.4 Å². The molecule has 1 aliphatic rings. The second-order valence-corrected chi connectivity index (χ2v) is 10.8. The van der Waals surface area contributed by atoms with Crippen molar-refractivity contribution in [2.75, 3.05) is 44.3 Å². The zero-order valence-corrected chi connectivity index (χ0v) is 21.2. The number of benzene rings is 1. The lowest BCUT2D eigenvalue weighted by Gasteiger charge is -2.36. The fraction of sp³-hybridized carbons (Fsp3) is 0.542. The first-order valence-corrected chi connectivity index (χ1v) is 13.9. The maximum Gasteiger partial charge on any atom is 0.331 e. The van der Waals surface area contributed by atoms with Gasteiger partial charge >= 0.3 is 7.60 Å². The molecule has 34 heavy (non-hydrogen) atoms. The molecule has 1 aliphatic heterocycles. The third-order valence-electron chi connectivity index (χ3n) is 6.29. The van der Waals surface area contributed by atoms with E-state index in [0.29, 0.717) is 37.8 Å². The van der Waals surface area contributed by atoms with Crippen molar-refractivity contribution >= 4 is 24.6 Å². The van der Waals surface area contributed by atoms with E-state index < -0.39 is 7.60 Å². The average molecular weight is 487 g/mol. The van der Waals surface area contributed by atoms with E-state index in [4.69, 9.17) is 14.0 Å². The van der Waals surface area contributed by atoms with Crippen LogP contribution in [0.5, 0.6) is 0 Å². The van der Waals surface area contributed by atoms with Gasteiger partial charge in [-0.15, -0.1) is 0 Å². The van der Waals surface area contributed by atoms with Crippen LogP contribution in [-0.2, 0) is 13.6 Å². The third-order valence-corrected chi connectivity index (χ3v) is 8.34. The minimum atomic E-state index is -3.02. The number of fused-ring (bicyclic) bond motifs is 1. The van der Waals surface area contributed by atoms with Crippen LogP contribution in [0, 0.1) is 5.92 Å². The maximum absolute atomic E-state index is 12.8. The summed E-state index contributed by atoms with van der Waals surface area (Å²) in [6.45, 7) is 9.32. The molecule has 184 valence electrons. The van der Waals surface area contributed by atoms with Gasteiger partial charge in [0.15, 0.2) is 0 Å². The molecule has 1 fully saturated rings. The van der Waals surface area contributed by atoms with E-state index in [1.54, 1.807) is 12.5 Å². The number of hydrogen-bond donors (Lipinski definition) is 1. The Kier molecular flexibility index (Phi) is 8.32. The summed E-state index contributed by atoms with van der Waals surface area (Å²) < 4.78 is 25.7. The summed E-state index contributed by atoms with van der Waals surface area (Å²) in [6.07, 6.45) is 6.23. The number of hydrogen-bond acceptors (Lipinski definition) is 8.